The summed E-state index contributed by atoms with van der Waals surface area (Å²) in [7, 11) is 0. The molecule has 4 aromatic carbocycles. The number of carboxylic acid groups (broad SMARTS) is 1. The Morgan fingerprint density at radius 1 is 0.548 bits per heavy atom. The van der Waals surface area contributed by atoms with Gasteiger partial charge in [0.15, 0.2) is 34.5 Å². The Hall–Kier alpha value is -10.4. The van der Waals surface area contributed by atoms with Crippen molar-refractivity contribution < 1.29 is 106 Å². The summed E-state index contributed by atoms with van der Waals surface area (Å²) in [6.07, 6.45) is -0.829. The zero-order valence-electron chi connectivity index (χ0n) is 52.0. The lowest BCUT2D eigenvalue weighted by atomic mass is 9.83. The Labute approximate surface area is 537 Å². The Kier molecular flexibility index (Phi) is 24.7. The summed E-state index contributed by atoms with van der Waals surface area (Å²) in [6.45, 7) is 9.50. The molecule has 0 radical (unpaired) electrons. The summed E-state index contributed by atoms with van der Waals surface area (Å²) < 4.78 is 30.5. The molecule has 0 aliphatic carbocycles. The number of aromatic hydroxyl groups is 1. The second-order valence-corrected chi connectivity index (χ2v) is 23.8. The van der Waals surface area contributed by atoms with Crippen molar-refractivity contribution in [3.8, 4) is 40.2 Å². The molecule has 8 N–H and O–H groups in total. The normalized spacial score (nSPS) is 15.5. The fraction of sp³-hybridized carbons (Fsp3) is 0.397. The number of carbonyl (C=O) groups is 14. The maximum absolute atomic E-state index is 14.5. The van der Waals surface area contributed by atoms with Crippen molar-refractivity contribution in [3.63, 3.8) is 0 Å². The molecule has 30 heteroatoms. The van der Waals surface area contributed by atoms with Crippen LogP contribution in [0.2, 0.25) is 0 Å². The minimum atomic E-state index is -1.50. The molecule has 0 aromatic heterocycles. The molecule has 2 saturated heterocycles. The number of thioether (sulfide) groups is 1. The molecule has 2 fully saturated rings. The van der Waals surface area contributed by atoms with E-state index in [0.717, 1.165) is 41.5 Å². The van der Waals surface area contributed by atoms with E-state index in [0.29, 0.717) is 0 Å². The minimum Gasteiger partial charge on any atom is -0.508 e. The fourth-order valence-corrected chi connectivity index (χ4v) is 12.1. The molecule has 93 heavy (non-hydrogen) atoms. The van der Waals surface area contributed by atoms with E-state index < -0.39 is 130 Å². The van der Waals surface area contributed by atoms with Gasteiger partial charge in [0.1, 0.15) is 29.2 Å². The summed E-state index contributed by atoms with van der Waals surface area (Å²) in [4.78, 5) is 183. The van der Waals surface area contributed by atoms with Gasteiger partial charge >= 0.3 is 41.8 Å². The first kappa shape index (κ1) is 71.7. The van der Waals surface area contributed by atoms with Gasteiger partial charge in [-0.3, -0.25) is 62.3 Å². The van der Waals surface area contributed by atoms with Crippen molar-refractivity contribution in [3.05, 3.63) is 101 Å². The van der Waals surface area contributed by atoms with Gasteiger partial charge in [-0.2, -0.15) is 0 Å². The Morgan fingerprint density at radius 3 is 1.29 bits per heavy atom. The van der Waals surface area contributed by atoms with Gasteiger partial charge in [-0.05, 0) is 106 Å². The lowest BCUT2D eigenvalue weighted by molar-refractivity contribution is -0.161. The second-order valence-electron chi connectivity index (χ2n) is 22.0. The maximum Gasteiger partial charge on any atom is 0.327 e. The van der Waals surface area contributed by atoms with E-state index in [1.54, 1.807) is 13.8 Å². The number of esters is 6. The molecule has 4 unspecified atom stereocenters. The number of nitrogens with one attached hydrogen (secondary N) is 6. The van der Waals surface area contributed by atoms with Gasteiger partial charge in [0, 0.05) is 84.3 Å². The van der Waals surface area contributed by atoms with E-state index in [2.05, 4.69) is 31.9 Å². The topological polar surface area (TPSA) is 410 Å². The van der Waals surface area contributed by atoms with E-state index in [9.17, 15) is 77.3 Å². The van der Waals surface area contributed by atoms with E-state index in [1.807, 2.05) is 0 Å². The quantitative estimate of drug-likeness (QED) is 0.0158. The number of carboxylic acids is 1. The van der Waals surface area contributed by atoms with Gasteiger partial charge in [0.25, 0.3) is 17.7 Å². The highest BCUT2D eigenvalue weighted by molar-refractivity contribution is 8.01. The third-order valence-corrected chi connectivity index (χ3v) is 15.8. The molecule has 0 saturated carbocycles. The van der Waals surface area contributed by atoms with Crippen LogP contribution in [0.15, 0.2) is 78.9 Å². The SMILES string of the molecule is CC(=O)Oc1cccc(C(=O)NCCCC(CCCNC(=O)c2cccc(OC(C)=O)c2OC(C)=O)(CCCNC(=O)c2cccc(OC(C)=O)c2OC(C)=O)NC(=O)CCC(=O)NC(C(=O)NC2C(=O)N3C2SC(C)(C)C3C(=O)O)c2ccc(O)cc2)c1OC(C)=O. The lowest BCUT2D eigenvalue weighted by Gasteiger charge is -2.44. The second kappa shape index (κ2) is 32.1. The molecular weight excluding hydrogens is 1240 g/mol. The number of amides is 7. The third kappa shape index (κ3) is 19.6. The molecule has 6 rings (SSSR count). The van der Waals surface area contributed by atoms with Crippen LogP contribution in [-0.4, -0.2) is 146 Å². The number of carbonyl (C=O) groups excluding carboxylic acids is 13. The summed E-state index contributed by atoms with van der Waals surface area (Å²) >= 11 is 1.18. The van der Waals surface area contributed by atoms with Crippen LogP contribution in [0.1, 0.15) is 149 Å². The summed E-state index contributed by atoms with van der Waals surface area (Å²) in [5.74, 6) is -13.3. The van der Waals surface area contributed by atoms with Gasteiger partial charge < -0.3 is 75.4 Å². The third-order valence-electron chi connectivity index (χ3n) is 14.3. The van der Waals surface area contributed by atoms with Gasteiger partial charge in [0.05, 0.1) is 16.7 Å². The van der Waals surface area contributed by atoms with Crippen LogP contribution >= 0.6 is 11.8 Å². The van der Waals surface area contributed by atoms with Crippen LogP contribution in [-0.2, 0) is 52.7 Å². The predicted molar refractivity (Wildman–Crippen MR) is 327 cm³/mol. The van der Waals surface area contributed by atoms with Crippen LogP contribution in [0.3, 0.4) is 0 Å². The van der Waals surface area contributed by atoms with Crippen molar-refractivity contribution in [1.29, 1.82) is 0 Å². The highest BCUT2D eigenvalue weighted by Gasteiger charge is 2.64. The smallest absolute Gasteiger partial charge is 0.327 e. The number of phenolic OH excluding ortho intramolecular Hbond substituents is 1. The maximum atomic E-state index is 14.5. The van der Waals surface area contributed by atoms with Crippen molar-refractivity contribution in [2.45, 2.75) is 141 Å². The van der Waals surface area contributed by atoms with Crippen molar-refractivity contribution in [1.82, 2.24) is 36.8 Å². The number of β-lactam (4-membered cyclic amide) rings is 1. The molecule has 2 heterocycles. The van der Waals surface area contributed by atoms with Gasteiger partial charge in [-0.25, -0.2) is 4.79 Å². The molecule has 496 valence electrons. The molecule has 0 bridgehead atoms. The van der Waals surface area contributed by atoms with Crippen molar-refractivity contribution >= 4 is 94.9 Å². The number of hydrogen-bond acceptors (Lipinski definition) is 22. The monoisotopic (exact) mass is 1310 g/mol. The van der Waals surface area contributed by atoms with Gasteiger partial charge in [-0.1, -0.05) is 30.3 Å². The standard InChI is InChI=1S/C63H71N7O22S/c1-33(71)87-44-18-9-15-41(51(44)90-36(4)74)55(80)64-30-12-27-63(28-13-31-65-56(81)42-16-10-19-45(88-34(2)72)52(42)91-37(5)75,29-14-32-66-57(82)43-17-11-20-46(89-35(3)73)53(43)92-38(6)76)69-48(79)26-25-47(78)67-49(39-21-23-40(77)24-22-39)58(83)68-50-59(84)70-54(61(85)86)62(7,8)93-60(50)70/h9-11,15-24,49-50,54,60,77H,12-14,25-32H2,1-8H3,(H,64,80)(H,65,81)(H,66,82)(H,67,78)(H,68,83)(H,69,79)(H,85,86). The highest BCUT2D eigenvalue weighted by atomic mass is 32.2. The average molecular weight is 1310 g/mol. The summed E-state index contributed by atoms with van der Waals surface area (Å²) in [5.41, 5.74) is -1.74. The first-order valence-electron chi connectivity index (χ1n) is 29.2. The van der Waals surface area contributed by atoms with Gasteiger partial charge in [-0.15, -0.1) is 11.8 Å². The molecule has 7 amide bonds. The van der Waals surface area contributed by atoms with E-state index in [1.165, 1.54) is 95.5 Å². The molecule has 2 aliphatic heterocycles. The highest BCUT2D eigenvalue weighted by Crippen LogP contribution is 2.51. The van der Waals surface area contributed by atoms with E-state index in [4.69, 9.17) is 28.4 Å². The number of fused-ring (bicyclic) bond motifs is 1. The molecule has 2 aliphatic rings. The number of nitrogens with zero attached hydrogens (tertiary/aromatic N) is 1. The molecular formula is C63H71N7O22S. The first-order chi connectivity index (χ1) is 43.9. The first-order valence-corrected chi connectivity index (χ1v) is 30.0. The van der Waals surface area contributed by atoms with Gasteiger partial charge in [0.2, 0.25) is 23.6 Å². The Morgan fingerprint density at radius 2 is 0.925 bits per heavy atom. The van der Waals surface area contributed by atoms with Crippen LogP contribution in [0.25, 0.3) is 0 Å². The Bertz CT molecular complexity index is 3350. The van der Waals surface area contributed by atoms with Crippen molar-refractivity contribution in [2.24, 2.45) is 0 Å². The van der Waals surface area contributed by atoms with Crippen LogP contribution < -0.4 is 60.3 Å². The number of para-hydroxylation sites is 3. The Balaban J connectivity index is 1.28. The number of phenols is 1. The number of rotatable bonds is 30. The lowest BCUT2D eigenvalue weighted by Crippen LogP contribution is -2.71. The summed E-state index contributed by atoms with van der Waals surface area (Å²) in [6, 6.07) is 13.5. The number of benzene rings is 4. The minimum absolute atomic E-state index is 0.0174. The van der Waals surface area contributed by atoms with Crippen LogP contribution in [0.4, 0.5) is 0 Å². The zero-order chi connectivity index (χ0) is 68.5. The molecule has 29 nitrogen and oxygen atoms in total. The zero-order valence-corrected chi connectivity index (χ0v) is 52.8. The van der Waals surface area contributed by atoms with Crippen LogP contribution in [0, 0.1) is 0 Å². The molecule has 4 aromatic rings. The molecule has 0 spiro atoms. The molecule has 4 atom stereocenters. The van der Waals surface area contributed by atoms with Crippen molar-refractivity contribution in [2.75, 3.05) is 19.6 Å². The predicted octanol–water partition coefficient (Wildman–Crippen LogP) is 4.00. The average Bonchev–Trinajstić information content (AvgIpc) is 1.57. The largest absolute Gasteiger partial charge is 0.508 e. The number of aliphatic carboxylic acids is 1. The number of ether oxygens (including phenoxy) is 6. The van der Waals surface area contributed by atoms with Crippen LogP contribution in [0.5, 0.6) is 40.2 Å². The summed E-state index contributed by atoms with van der Waals surface area (Å²) in [5, 5.41) is 35.8. The van der Waals surface area contributed by atoms with E-state index in [-0.39, 0.29) is 121 Å². The number of hydrogen-bond donors (Lipinski definition) is 8. The fourth-order valence-electron chi connectivity index (χ4n) is 10.4. The van der Waals surface area contributed by atoms with E-state index >= 15 is 0 Å².